The summed E-state index contributed by atoms with van der Waals surface area (Å²) in [6.07, 6.45) is 5.46. The number of carbonyl (C=O) groups excluding carboxylic acids is 1. The van der Waals surface area contributed by atoms with Crippen molar-refractivity contribution in [2.45, 2.75) is 19.8 Å². The van der Waals surface area contributed by atoms with Crippen LogP contribution in [0.25, 0.3) is 0 Å². The summed E-state index contributed by atoms with van der Waals surface area (Å²) in [4.78, 5) is 20.7. The average molecular weight is 318 g/mol. The highest BCUT2D eigenvalue weighted by Crippen LogP contribution is 2.32. The van der Waals surface area contributed by atoms with Crippen LogP contribution in [0, 0.1) is 12.8 Å². The van der Waals surface area contributed by atoms with Crippen LogP contribution in [0.15, 0.2) is 30.6 Å². The number of hydrogen-bond donors (Lipinski definition) is 1. The van der Waals surface area contributed by atoms with Gasteiger partial charge < -0.3 is 10.1 Å². The summed E-state index contributed by atoms with van der Waals surface area (Å²) >= 11 is 6.17. The lowest BCUT2D eigenvalue weighted by Crippen LogP contribution is -2.16. The summed E-state index contributed by atoms with van der Waals surface area (Å²) in [5, 5.41) is 3.05. The molecule has 1 aromatic heterocycles. The van der Waals surface area contributed by atoms with Crippen molar-refractivity contribution >= 4 is 23.3 Å². The third kappa shape index (κ3) is 3.54. The molecule has 0 unspecified atom stereocenters. The summed E-state index contributed by atoms with van der Waals surface area (Å²) in [6.45, 7) is 2.45. The zero-order chi connectivity index (χ0) is 15.5. The van der Waals surface area contributed by atoms with Crippen LogP contribution in [0.2, 0.25) is 5.02 Å². The lowest BCUT2D eigenvalue weighted by molar-refractivity contribution is 0.102. The Balaban J connectivity index is 1.79. The Morgan fingerprint density at radius 2 is 2.18 bits per heavy atom. The van der Waals surface area contributed by atoms with E-state index in [1.807, 2.05) is 6.92 Å². The highest BCUT2D eigenvalue weighted by molar-refractivity contribution is 6.34. The number of halogens is 1. The molecular weight excluding hydrogens is 302 g/mol. The van der Waals surface area contributed by atoms with Crippen molar-refractivity contribution in [1.82, 2.24) is 9.97 Å². The molecule has 6 heteroatoms. The maximum atomic E-state index is 12.5. The second kappa shape index (κ2) is 6.32. The molecule has 1 N–H and O–H groups in total. The molecule has 1 aliphatic rings. The van der Waals surface area contributed by atoms with Crippen molar-refractivity contribution in [3.8, 4) is 5.75 Å². The largest absolute Gasteiger partial charge is 0.492 e. The SMILES string of the molecule is Cc1cnc(NC(=O)c2c(Cl)cccc2OCC2CC2)cn1. The molecule has 1 fully saturated rings. The number of amides is 1. The summed E-state index contributed by atoms with van der Waals surface area (Å²) in [7, 11) is 0. The number of carbonyl (C=O) groups is 1. The summed E-state index contributed by atoms with van der Waals surface area (Å²) < 4.78 is 5.74. The Morgan fingerprint density at radius 3 is 2.86 bits per heavy atom. The van der Waals surface area contributed by atoms with Gasteiger partial charge >= 0.3 is 0 Å². The van der Waals surface area contributed by atoms with Gasteiger partial charge in [0.1, 0.15) is 11.3 Å². The predicted octanol–water partition coefficient (Wildman–Crippen LogP) is 3.48. The number of ether oxygens (including phenoxy) is 1. The molecule has 0 saturated heterocycles. The summed E-state index contributed by atoms with van der Waals surface area (Å²) in [5.74, 6) is 1.12. The van der Waals surface area contributed by atoms with Gasteiger partial charge in [0.25, 0.3) is 5.91 Å². The first-order valence-corrected chi connectivity index (χ1v) is 7.52. The molecule has 2 aromatic rings. The second-order valence-corrected chi connectivity index (χ2v) is 5.77. The van der Waals surface area contributed by atoms with Crippen LogP contribution in [-0.4, -0.2) is 22.5 Å². The van der Waals surface area contributed by atoms with Gasteiger partial charge in [-0.3, -0.25) is 9.78 Å². The first-order chi connectivity index (χ1) is 10.6. The molecule has 1 heterocycles. The minimum atomic E-state index is -0.352. The fourth-order valence-electron chi connectivity index (χ4n) is 1.97. The quantitative estimate of drug-likeness (QED) is 0.917. The molecule has 114 valence electrons. The highest BCUT2D eigenvalue weighted by Gasteiger charge is 2.24. The fraction of sp³-hybridized carbons (Fsp3) is 0.312. The number of aryl methyl sites for hydroxylation is 1. The lowest BCUT2D eigenvalue weighted by Gasteiger charge is -2.12. The van der Waals surface area contributed by atoms with E-state index < -0.39 is 0 Å². The molecule has 1 aromatic carbocycles. The molecule has 1 saturated carbocycles. The molecule has 0 spiro atoms. The number of aromatic nitrogens is 2. The monoisotopic (exact) mass is 317 g/mol. The van der Waals surface area contributed by atoms with Gasteiger partial charge in [0.05, 0.1) is 29.7 Å². The lowest BCUT2D eigenvalue weighted by atomic mass is 10.2. The third-order valence-corrected chi connectivity index (χ3v) is 3.71. The topological polar surface area (TPSA) is 64.1 Å². The van der Waals surface area contributed by atoms with Crippen LogP contribution >= 0.6 is 11.6 Å². The first-order valence-electron chi connectivity index (χ1n) is 7.15. The second-order valence-electron chi connectivity index (χ2n) is 5.36. The van der Waals surface area contributed by atoms with Crippen LogP contribution in [0.1, 0.15) is 28.9 Å². The molecule has 3 rings (SSSR count). The predicted molar refractivity (Wildman–Crippen MR) is 84.4 cm³/mol. The summed E-state index contributed by atoms with van der Waals surface area (Å²) in [6, 6.07) is 5.19. The van der Waals surface area contributed by atoms with Gasteiger partial charge in [0, 0.05) is 0 Å². The Hall–Kier alpha value is -2.14. The van der Waals surface area contributed by atoms with Crippen molar-refractivity contribution in [2.24, 2.45) is 5.92 Å². The van der Waals surface area contributed by atoms with Gasteiger partial charge in [-0.15, -0.1) is 0 Å². The smallest absolute Gasteiger partial charge is 0.262 e. The number of nitrogens with zero attached hydrogens (tertiary/aromatic N) is 2. The number of rotatable bonds is 5. The molecule has 0 atom stereocenters. The maximum absolute atomic E-state index is 12.5. The summed E-state index contributed by atoms with van der Waals surface area (Å²) in [5.41, 5.74) is 1.11. The van der Waals surface area contributed by atoms with Crippen molar-refractivity contribution in [2.75, 3.05) is 11.9 Å². The molecule has 5 nitrogen and oxygen atoms in total. The van der Waals surface area contributed by atoms with E-state index in [0.29, 0.717) is 34.7 Å². The molecule has 0 radical (unpaired) electrons. The molecule has 0 aliphatic heterocycles. The van der Waals surface area contributed by atoms with Crippen LogP contribution in [0.3, 0.4) is 0 Å². The molecule has 22 heavy (non-hydrogen) atoms. The Morgan fingerprint density at radius 1 is 1.36 bits per heavy atom. The minimum Gasteiger partial charge on any atom is -0.492 e. The van der Waals surface area contributed by atoms with Crippen molar-refractivity contribution in [1.29, 1.82) is 0 Å². The standard InChI is InChI=1S/C16H16ClN3O2/c1-10-7-19-14(8-18-10)20-16(21)15-12(17)3-2-4-13(15)22-9-11-5-6-11/h2-4,7-8,11H,5-6,9H2,1H3,(H,19,20,21). The number of anilines is 1. The molecule has 0 bridgehead atoms. The van der Waals surface area contributed by atoms with Gasteiger partial charge in [-0.05, 0) is 37.8 Å². The average Bonchev–Trinajstić information content (AvgIpc) is 3.31. The van der Waals surface area contributed by atoms with Crippen LogP contribution in [-0.2, 0) is 0 Å². The molecule has 1 aliphatic carbocycles. The molecular formula is C16H16ClN3O2. The van der Waals surface area contributed by atoms with Crippen LogP contribution in [0.5, 0.6) is 5.75 Å². The Kier molecular flexibility index (Phi) is 4.24. The van der Waals surface area contributed by atoms with E-state index in [9.17, 15) is 4.79 Å². The highest BCUT2D eigenvalue weighted by atomic mass is 35.5. The Labute approximate surface area is 133 Å². The van der Waals surface area contributed by atoms with Gasteiger partial charge in [-0.1, -0.05) is 17.7 Å². The number of benzene rings is 1. The van der Waals surface area contributed by atoms with E-state index in [1.165, 1.54) is 19.0 Å². The van der Waals surface area contributed by atoms with E-state index >= 15 is 0 Å². The zero-order valence-corrected chi connectivity index (χ0v) is 12.9. The van der Waals surface area contributed by atoms with E-state index in [2.05, 4.69) is 15.3 Å². The number of hydrogen-bond acceptors (Lipinski definition) is 4. The van der Waals surface area contributed by atoms with E-state index in [0.717, 1.165) is 5.69 Å². The zero-order valence-electron chi connectivity index (χ0n) is 12.2. The van der Waals surface area contributed by atoms with Crippen LogP contribution < -0.4 is 10.1 Å². The van der Waals surface area contributed by atoms with Crippen molar-refractivity contribution in [3.05, 3.63) is 46.9 Å². The normalized spacial score (nSPS) is 13.7. The Bertz CT molecular complexity index is 684. The fourth-order valence-corrected chi connectivity index (χ4v) is 2.22. The van der Waals surface area contributed by atoms with E-state index in [1.54, 1.807) is 24.4 Å². The maximum Gasteiger partial charge on any atom is 0.262 e. The minimum absolute atomic E-state index is 0.326. The van der Waals surface area contributed by atoms with Crippen molar-refractivity contribution in [3.63, 3.8) is 0 Å². The van der Waals surface area contributed by atoms with E-state index in [-0.39, 0.29) is 5.91 Å². The van der Waals surface area contributed by atoms with Crippen LogP contribution in [0.4, 0.5) is 5.82 Å². The number of nitrogens with one attached hydrogen (secondary N) is 1. The van der Waals surface area contributed by atoms with E-state index in [4.69, 9.17) is 16.3 Å². The van der Waals surface area contributed by atoms with Gasteiger partial charge in [-0.25, -0.2) is 4.98 Å². The van der Waals surface area contributed by atoms with Gasteiger partial charge in [0.15, 0.2) is 5.82 Å². The van der Waals surface area contributed by atoms with Crippen molar-refractivity contribution < 1.29 is 9.53 Å². The van der Waals surface area contributed by atoms with Gasteiger partial charge in [-0.2, -0.15) is 0 Å². The third-order valence-electron chi connectivity index (χ3n) is 3.40. The first kappa shape index (κ1) is 14.8. The molecule has 1 amide bonds. The van der Waals surface area contributed by atoms with Gasteiger partial charge in [0.2, 0.25) is 0 Å².